The second kappa shape index (κ2) is 5.62. The number of amides is 1. The van der Waals surface area contributed by atoms with Crippen molar-refractivity contribution in [2.24, 2.45) is 5.92 Å². The number of hydrogen-bond donors (Lipinski definition) is 2. The van der Waals surface area contributed by atoms with Gasteiger partial charge in [-0.25, -0.2) is 13.2 Å². The lowest BCUT2D eigenvalue weighted by Crippen LogP contribution is -2.30. The highest BCUT2D eigenvalue weighted by Crippen LogP contribution is 2.18. The molecular formula is C13H15NO5S. The molecule has 1 fully saturated rings. The first-order valence-corrected chi connectivity index (χ1v) is 8.00. The molecule has 108 valence electrons. The Morgan fingerprint density at radius 2 is 2.10 bits per heavy atom. The fourth-order valence-electron chi connectivity index (χ4n) is 2.15. The van der Waals surface area contributed by atoms with Crippen molar-refractivity contribution in [1.29, 1.82) is 0 Å². The first-order valence-electron chi connectivity index (χ1n) is 6.18. The zero-order valence-electron chi connectivity index (χ0n) is 10.7. The number of benzene rings is 1. The van der Waals surface area contributed by atoms with Crippen molar-refractivity contribution in [2.45, 2.75) is 13.0 Å². The molecule has 1 heterocycles. The summed E-state index contributed by atoms with van der Waals surface area (Å²) in [5.74, 6) is -1.87. The third kappa shape index (κ3) is 3.57. The van der Waals surface area contributed by atoms with E-state index in [1.165, 1.54) is 12.1 Å². The molecule has 0 aliphatic carbocycles. The van der Waals surface area contributed by atoms with E-state index in [4.69, 9.17) is 5.11 Å². The molecule has 0 aromatic heterocycles. The van der Waals surface area contributed by atoms with E-state index in [-0.39, 0.29) is 29.5 Å². The van der Waals surface area contributed by atoms with Gasteiger partial charge in [-0.15, -0.1) is 0 Å². The Morgan fingerprint density at radius 1 is 1.35 bits per heavy atom. The molecule has 6 nitrogen and oxygen atoms in total. The number of aromatic carboxylic acids is 1. The maximum Gasteiger partial charge on any atom is 0.335 e. The number of rotatable bonds is 4. The van der Waals surface area contributed by atoms with Gasteiger partial charge in [-0.2, -0.15) is 0 Å². The summed E-state index contributed by atoms with van der Waals surface area (Å²) in [7, 11) is -3.08. The van der Waals surface area contributed by atoms with Crippen LogP contribution in [-0.2, 0) is 21.2 Å². The second-order valence-corrected chi connectivity index (χ2v) is 7.05. The molecule has 7 heteroatoms. The summed E-state index contributed by atoms with van der Waals surface area (Å²) in [5, 5.41) is 11.5. The quantitative estimate of drug-likeness (QED) is 0.839. The molecule has 1 unspecified atom stereocenters. The van der Waals surface area contributed by atoms with Crippen LogP contribution in [0.25, 0.3) is 0 Å². The van der Waals surface area contributed by atoms with Crippen molar-refractivity contribution in [2.75, 3.05) is 11.5 Å². The van der Waals surface area contributed by atoms with E-state index in [9.17, 15) is 18.0 Å². The first kappa shape index (κ1) is 14.5. The minimum Gasteiger partial charge on any atom is -0.478 e. The lowest BCUT2D eigenvalue weighted by Gasteiger charge is -2.09. The van der Waals surface area contributed by atoms with E-state index in [0.29, 0.717) is 12.0 Å². The van der Waals surface area contributed by atoms with Crippen LogP contribution in [0, 0.1) is 5.92 Å². The number of sulfone groups is 1. The van der Waals surface area contributed by atoms with Crippen LogP contribution >= 0.6 is 0 Å². The Morgan fingerprint density at radius 3 is 2.70 bits per heavy atom. The standard InChI is InChI=1S/C13H15NO5S/c15-12(11-4-5-20(18,19)8-11)14-7-9-2-1-3-10(6-9)13(16)17/h1-3,6,11H,4-5,7-8H2,(H,14,15)(H,16,17). The van der Waals surface area contributed by atoms with Crippen LogP contribution < -0.4 is 5.32 Å². The Bertz CT molecular complexity index is 638. The van der Waals surface area contributed by atoms with Gasteiger partial charge in [0.15, 0.2) is 9.84 Å². The number of carboxylic acid groups (broad SMARTS) is 1. The molecule has 0 bridgehead atoms. The van der Waals surface area contributed by atoms with Gasteiger partial charge in [-0.1, -0.05) is 12.1 Å². The lowest BCUT2D eigenvalue weighted by atomic mass is 10.1. The van der Waals surface area contributed by atoms with Crippen LogP contribution in [0.3, 0.4) is 0 Å². The van der Waals surface area contributed by atoms with Gasteiger partial charge in [0.1, 0.15) is 0 Å². The van der Waals surface area contributed by atoms with Crippen LogP contribution in [0.2, 0.25) is 0 Å². The molecule has 1 amide bonds. The predicted octanol–water partition coefficient (Wildman–Crippen LogP) is 0.436. The summed E-state index contributed by atoms with van der Waals surface area (Å²) in [4.78, 5) is 22.7. The molecule has 0 radical (unpaired) electrons. The third-order valence-electron chi connectivity index (χ3n) is 3.24. The zero-order valence-corrected chi connectivity index (χ0v) is 11.5. The van der Waals surface area contributed by atoms with Gasteiger partial charge in [0.05, 0.1) is 23.0 Å². The Balaban J connectivity index is 1.94. The van der Waals surface area contributed by atoms with Crippen LogP contribution in [0.5, 0.6) is 0 Å². The van der Waals surface area contributed by atoms with E-state index in [1.807, 2.05) is 0 Å². The monoisotopic (exact) mass is 297 g/mol. The molecular weight excluding hydrogens is 282 g/mol. The van der Waals surface area contributed by atoms with E-state index < -0.39 is 21.7 Å². The molecule has 0 spiro atoms. The molecule has 1 saturated heterocycles. The Labute approximate surface area is 116 Å². The van der Waals surface area contributed by atoms with E-state index in [2.05, 4.69) is 5.32 Å². The Hall–Kier alpha value is -1.89. The van der Waals surface area contributed by atoms with Gasteiger partial charge in [0.25, 0.3) is 0 Å². The highest BCUT2D eigenvalue weighted by Gasteiger charge is 2.32. The summed E-state index contributed by atoms with van der Waals surface area (Å²) in [6.45, 7) is 0.191. The van der Waals surface area contributed by atoms with E-state index >= 15 is 0 Å². The molecule has 1 aliphatic rings. The molecule has 1 aliphatic heterocycles. The van der Waals surface area contributed by atoms with E-state index in [1.54, 1.807) is 12.1 Å². The SMILES string of the molecule is O=C(O)c1cccc(CNC(=O)C2CCS(=O)(=O)C2)c1. The van der Waals surface area contributed by atoms with Gasteiger partial charge >= 0.3 is 5.97 Å². The highest BCUT2D eigenvalue weighted by atomic mass is 32.2. The van der Waals surface area contributed by atoms with Gasteiger partial charge in [0.2, 0.25) is 5.91 Å². The number of carbonyl (C=O) groups is 2. The maximum absolute atomic E-state index is 11.8. The van der Waals surface area contributed by atoms with Gasteiger partial charge < -0.3 is 10.4 Å². The number of nitrogens with one attached hydrogen (secondary N) is 1. The van der Waals surface area contributed by atoms with Gasteiger partial charge in [-0.3, -0.25) is 4.79 Å². The minimum absolute atomic E-state index is 0.0551. The summed E-state index contributed by atoms with van der Waals surface area (Å²) in [5.41, 5.74) is 0.819. The van der Waals surface area contributed by atoms with Crippen molar-refractivity contribution >= 4 is 21.7 Å². The van der Waals surface area contributed by atoms with Crippen LogP contribution in [0.15, 0.2) is 24.3 Å². The molecule has 2 N–H and O–H groups in total. The lowest BCUT2D eigenvalue weighted by molar-refractivity contribution is -0.124. The average Bonchev–Trinajstić information content (AvgIpc) is 2.77. The highest BCUT2D eigenvalue weighted by molar-refractivity contribution is 7.91. The number of carboxylic acids is 1. The predicted molar refractivity (Wildman–Crippen MR) is 72.0 cm³/mol. The van der Waals surface area contributed by atoms with Gasteiger partial charge in [0, 0.05) is 6.54 Å². The third-order valence-corrected chi connectivity index (χ3v) is 5.01. The molecule has 1 aromatic rings. The molecule has 1 aromatic carbocycles. The van der Waals surface area contributed by atoms with E-state index in [0.717, 1.165) is 0 Å². The Kier molecular flexibility index (Phi) is 4.08. The van der Waals surface area contributed by atoms with Crippen molar-refractivity contribution in [3.63, 3.8) is 0 Å². The number of hydrogen-bond acceptors (Lipinski definition) is 4. The molecule has 0 saturated carbocycles. The maximum atomic E-state index is 11.8. The van der Waals surface area contributed by atoms with Crippen LogP contribution in [0.1, 0.15) is 22.3 Å². The van der Waals surface area contributed by atoms with Gasteiger partial charge in [-0.05, 0) is 24.1 Å². The normalized spacial score (nSPS) is 20.5. The summed E-state index contributed by atoms with van der Waals surface area (Å²) < 4.78 is 22.6. The summed E-state index contributed by atoms with van der Waals surface area (Å²) >= 11 is 0. The average molecular weight is 297 g/mol. The molecule has 20 heavy (non-hydrogen) atoms. The fourth-order valence-corrected chi connectivity index (χ4v) is 3.89. The van der Waals surface area contributed by atoms with Crippen LogP contribution in [0.4, 0.5) is 0 Å². The van der Waals surface area contributed by atoms with Crippen molar-refractivity contribution in [1.82, 2.24) is 5.32 Å². The largest absolute Gasteiger partial charge is 0.478 e. The van der Waals surface area contributed by atoms with Crippen molar-refractivity contribution < 1.29 is 23.1 Å². The molecule has 1 atom stereocenters. The minimum atomic E-state index is -3.08. The fraction of sp³-hybridized carbons (Fsp3) is 0.385. The molecule has 2 rings (SSSR count). The van der Waals surface area contributed by atoms with Crippen molar-refractivity contribution in [3.05, 3.63) is 35.4 Å². The summed E-state index contributed by atoms with van der Waals surface area (Å²) in [6.07, 6.45) is 0.351. The van der Waals surface area contributed by atoms with Crippen LogP contribution in [-0.4, -0.2) is 36.9 Å². The summed E-state index contributed by atoms with van der Waals surface area (Å²) in [6, 6.07) is 6.26. The topological polar surface area (TPSA) is 101 Å². The zero-order chi connectivity index (χ0) is 14.8. The number of carbonyl (C=O) groups excluding carboxylic acids is 1. The second-order valence-electron chi connectivity index (χ2n) is 4.82. The first-order chi connectivity index (χ1) is 9.37. The smallest absolute Gasteiger partial charge is 0.335 e. The van der Waals surface area contributed by atoms with Crippen molar-refractivity contribution in [3.8, 4) is 0 Å².